The molecule has 0 amide bonds. The minimum atomic E-state index is -0.681. The number of aliphatic hydroxyl groups excluding tert-OH is 1. The highest BCUT2D eigenvalue weighted by molar-refractivity contribution is 4.48. The summed E-state index contributed by atoms with van der Waals surface area (Å²) in [5, 5.41) is 11.9. The standard InChI is InChI=1S/C8H19NO2/c1-4-5-6-9-7(2)11-8(3)10/h7-10H,4-6H2,1-3H3. The Kier molecular flexibility index (Phi) is 6.51. The van der Waals surface area contributed by atoms with Crippen molar-refractivity contribution in [1.29, 1.82) is 0 Å². The van der Waals surface area contributed by atoms with Gasteiger partial charge in [-0.2, -0.15) is 0 Å². The van der Waals surface area contributed by atoms with Gasteiger partial charge in [-0.05, 0) is 26.8 Å². The maximum absolute atomic E-state index is 8.82. The van der Waals surface area contributed by atoms with Gasteiger partial charge in [0.2, 0.25) is 0 Å². The van der Waals surface area contributed by atoms with Gasteiger partial charge in [0.25, 0.3) is 0 Å². The second-order valence-corrected chi connectivity index (χ2v) is 2.69. The maximum Gasteiger partial charge on any atom is 0.153 e. The molecule has 0 rings (SSSR count). The molecule has 3 nitrogen and oxygen atoms in total. The summed E-state index contributed by atoms with van der Waals surface area (Å²) in [6.07, 6.45) is 1.59. The number of unbranched alkanes of at least 4 members (excludes halogenated alkanes) is 1. The topological polar surface area (TPSA) is 41.5 Å². The minimum Gasteiger partial charge on any atom is -0.368 e. The van der Waals surface area contributed by atoms with E-state index in [0.717, 1.165) is 13.0 Å². The molecule has 0 radical (unpaired) electrons. The Morgan fingerprint density at radius 1 is 1.45 bits per heavy atom. The van der Waals surface area contributed by atoms with E-state index < -0.39 is 6.29 Å². The molecular formula is C8H19NO2. The van der Waals surface area contributed by atoms with Gasteiger partial charge in [-0.15, -0.1) is 0 Å². The Hall–Kier alpha value is -0.120. The number of nitrogens with one attached hydrogen (secondary N) is 1. The number of hydrogen-bond acceptors (Lipinski definition) is 3. The van der Waals surface area contributed by atoms with Crippen molar-refractivity contribution in [3.63, 3.8) is 0 Å². The van der Waals surface area contributed by atoms with Crippen LogP contribution in [0, 0.1) is 0 Å². The summed E-state index contributed by atoms with van der Waals surface area (Å²) >= 11 is 0. The van der Waals surface area contributed by atoms with Crippen molar-refractivity contribution >= 4 is 0 Å². The van der Waals surface area contributed by atoms with E-state index in [1.165, 1.54) is 6.42 Å². The molecule has 0 aromatic heterocycles. The number of ether oxygens (including phenoxy) is 1. The van der Waals surface area contributed by atoms with Crippen LogP contribution in [0.25, 0.3) is 0 Å². The molecule has 0 heterocycles. The van der Waals surface area contributed by atoms with Gasteiger partial charge in [0.05, 0.1) is 0 Å². The summed E-state index contributed by atoms with van der Waals surface area (Å²) in [5.41, 5.74) is 0. The predicted molar refractivity (Wildman–Crippen MR) is 45.1 cm³/mol. The highest BCUT2D eigenvalue weighted by Crippen LogP contribution is 1.92. The SMILES string of the molecule is CCCCNC(C)OC(C)O. The largest absolute Gasteiger partial charge is 0.368 e. The van der Waals surface area contributed by atoms with Crippen LogP contribution >= 0.6 is 0 Å². The summed E-state index contributed by atoms with van der Waals surface area (Å²) in [5.74, 6) is 0. The van der Waals surface area contributed by atoms with Gasteiger partial charge in [-0.3, -0.25) is 5.32 Å². The molecule has 0 aliphatic carbocycles. The lowest BCUT2D eigenvalue weighted by molar-refractivity contribution is -0.127. The number of rotatable bonds is 6. The highest BCUT2D eigenvalue weighted by atomic mass is 16.6. The number of hydrogen-bond donors (Lipinski definition) is 2. The van der Waals surface area contributed by atoms with Crippen LogP contribution in [-0.2, 0) is 4.74 Å². The molecule has 2 atom stereocenters. The Labute approximate surface area is 68.8 Å². The van der Waals surface area contributed by atoms with Crippen LogP contribution < -0.4 is 5.32 Å². The molecule has 0 saturated heterocycles. The Bertz CT molecular complexity index is 86.2. The van der Waals surface area contributed by atoms with Gasteiger partial charge >= 0.3 is 0 Å². The average molecular weight is 161 g/mol. The molecule has 0 bridgehead atoms. The van der Waals surface area contributed by atoms with E-state index in [1.807, 2.05) is 6.92 Å². The van der Waals surface area contributed by atoms with Gasteiger partial charge in [0, 0.05) is 0 Å². The van der Waals surface area contributed by atoms with Gasteiger partial charge in [-0.25, -0.2) is 0 Å². The van der Waals surface area contributed by atoms with Crippen LogP contribution in [0.4, 0.5) is 0 Å². The quantitative estimate of drug-likeness (QED) is 0.452. The zero-order valence-electron chi connectivity index (χ0n) is 7.63. The number of aliphatic hydroxyl groups is 1. The average Bonchev–Trinajstić information content (AvgIpc) is 1.86. The van der Waals surface area contributed by atoms with Crippen molar-refractivity contribution in [1.82, 2.24) is 5.32 Å². The molecule has 0 fully saturated rings. The lowest BCUT2D eigenvalue weighted by atomic mass is 10.3. The molecule has 0 aliphatic heterocycles. The van der Waals surface area contributed by atoms with E-state index in [4.69, 9.17) is 9.84 Å². The fourth-order valence-electron chi connectivity index (χ4n) is 0.826. The zero-order chi connectivity index (χ0) is 8.69. The smallest absolute Gasteiger partial charge is 0.153 e. The lowest BCUT2D eigenvalue weighted by Gasteiger charge is -2.16. The Morgan fingerprint density at radius 2 is 2.09 bits per heavy atom. The molecule has 0 aromatic rings. The molecule has 2 unspecified atom stereocenters. The van der Waals surface area contributed by atoms with Crippen molar-refractivity contribution in [3.05, 3.63) is 0 Å². The first-order chi connectivity index (χ1) is 5.16. The third-order valence-corrected chi connectivity index (χ3v) is 1.36. The minimum absolute atomic E-state index is 0.0541. The van der Waals surface area contributed by atoms with E-state index >= 15 is 0 Å². The molecule has 0 spiro atoms. The summed E-state index contributed by atoms with van der Waals surface area (Å²) < 4.78 is 5.04. The predicted octanol–water partition coefficient (Wildman–Crippen LogP) is 1.08. The van der Waals surface area contributed by atoms with Crippen molar-refractivity contribution in [2.24, 2.45) is 0 Å². The van der Waals surface area contributed by atoms with Crippen LogP contribution in [0.2, 0.25) is 0 Å². The molecule has 0 saturated carbocycles. The van der Waals surface area contributed by atoms with Gasteiger partial charge < -0.3 is 9.84 Å². The third-order valence-electron chi connectivity index (χ3n) is 1.36. The highest BCUT2D eigenvalue weighted by Gasteiger charge is 2.02. The fraction of sp³-hybridized carbons (Fsp3) is 1.00. The second kappa shape index (κ2) is 6.58. The van der Waals surface area contributed by atoms with Gasteiger partial charge in [-0.1, -0.05) is 13.3 Å². The fourth-order valence-corrected chi connectivity index (χ4v) is 0.826. The molecule has 0 aliphatic rings. The molecular weight excluding hydrogens is 142 g/mol. The first-order valence-electron chi connectivity index (χ1n) is 4.23. The van der Waals surface area contributed by atoms with Crippen LogP contribution in [0.5, 0.6) is 0 Å². The normalized spacial score (nSPS) is 16.4. The summed E-state index contributed by atoms with van der Waals surface area (Å²) in [6, 6.07) is 0. The Balaban J connectivity index is 3.15. The summed E-state index contributed by atoms with van der Waals surface area (Å²) in [7, 11) is 0. The summed E-state index contributed by atoms with van der Waals surface area (Å²) in [4.78, 5) is 0. The van der Waals surface area contributed by atoms with Crippen molar-refractivity contribution < 1.29 is 9.84 Å². The van der Waals surface area contributed by atoms with Crippen LogP contribution in [0.3, 0.4) is 0 Å². The third kappa shape index (κ3) is 7.78. The van der Waals surface area contributed by atoms with E-state index in [2.05, 4.69) is 12.2 Å². The first-order valence-corrected chi connectivity index (χ1v) is 4.23. The monoisotopic (exact) mass is 161 g/mol. The molecule has 2 N–H and O–H groups in total. The van der Waals surface area contributed by atoms with Crippen LogP contribution in [0.15, 0.2) is 0 Å². The molecule has 0 aromatic carbocycles. The zero-order valence-corrected chi connectivity index (χ0v) is 7.63. The van der Waals surface area contributed by atoms with E-state index in [9.17, 15) is 0 Å². The van der Waals surface area contributed by atoms with E-state index in [1.54, 1.807) is 6.92 Å². The van der Waals surface area contributed by atoms with E-state index in [0.29, 0.717) is 0 Å². The lowest BCUT2D eigenvalue weighted by Crippen LogP contribution is -2.32. The van der Waals surface area contributed by atoms with Crippen LogP contribution in [0.1, 0.15) is 33.6 Å². The molecule has 11 heavy (non-hydrogen) atoms. The van der Waals surface area contributed by atoms with Crippen molar-refractivity contribution in [3.8, 4) is 0 Å². The van der Waals surface area contributed by atoms with Crippen LogP contribution in [-0.4, -0.2) is 24.2 Å². The summed E-state index contributed by atoms with van der Waals surface area (Å²) in [6.45, 7) is 6.59. The first kappa shape index (κ1) is 10.9. The van der Waals surface area contributed by atoms with Gasteiger partial charge in [0.1, 0.15) is 6.23 Å². The second-order valence-electron chi connectivity index (χ2n) is 2.69. The molecule has 3 heteroatoms. The van der Waals surface area contributed by atoms with Crippen molar-refractivity contribution in [2.75, 3.05) is 6.54 Å². The van der Waals surface area contributed by atoms with Gasteiger partial charge in [0.15, 0.2) is 6.29 Å². The van der Waals surface area contributed by atoms with Crippen molar-refractivity contribution in [2.45, 2.75) is 46.1 Å². The van der Waals surface area contributed by atoms with E-state index in [-0.39, 0.29) is 6.23 Å². The Morgan fingerprint density at radius 3 is 2.55 bits per heavy atom. The maximum atomic E-state index is 8.82. The molecule has 68 valence electrons.